The Morgan fingerprint density at radius 3 is 2.71 bits per heavy atom. The molecule has 1 amide bonds. The molecule has 0 atom stereocenters. The second-order valence-corrected chi connectivity index (χ2v) is 6.85. The van der Waals surface area contributed by atoms with Gasteiger partial charge in [-0.2, -0.15) is 5.26 Å². The van der Waals surface area contributed by atoms with E-state index < -0.39 is 0 Å². The fourth-order valence-electron chi connectivity index (χ4n) is 3.04. The number of nitrogens with zero attached hydrogens (tertiary/aromatic N) is 1. The Morgan fingerprint density at radius 2 is 1.93 bits per heavy atom. The number of ether oxygens (including phenoxy) is 2. The van der Waals surface area contributed by atoms with Crippen LogP contribution in [0.15, 0.2) is 54.6 Å². The molecule has 0 unspecified atom stereocenters. The second kappa shape index (κ2) is 10.2. The predicted molar refractivity (Wildman–Crippen MR) is 107 cm³/mol. The summed E-state index contributed by atoms with van der Waals surface area (Å²) in [5.74, 6) is 0.793. The van der Waals surface area contributed by atoms with Crippen LogP contribution in [-0.2, 0) is 11.3 Å². The molecule has 0 aromatic heterocycles. The molecular formula is C22H25N3O3. The van der Waals surface area contributed by atoms with Gasteiger partial charge in [-0.15, -0.1) is 0 Å². The molecule has 1 aliphatic rings. The number of hydrogen-bond acceptors (Lipinski definition) is 5. The summed E-state index contributed by atoms with van der Waals surface area (Å²) in [5, 5.41) is 14.9. The molecule has 6 heteroatoms. The molecule has 1 fully saturated rings. The summed E-state index contributed by atoms with van der Waals surface area (Å²) in [7, 11) is 0. The summed E-state index contributed by atoms with van der Waals surface area (Å²) in [5.41, 5.74) is 1.97. The molecule has 0 aliphatic heterocycles. The lowest BCUT2D eigenvalue weighted by molar-refractivity contribution is 0.129. The van der Waals surface area contributed by atoms with Crippen molar-refractivity contribution in [2.24, 2.45) is 0 Å². The molecule has 2 aromatic rings. The van der Waals surface area contributed by atoms with Crippen LogP contribution in [0.4, 0.5) is 10.5 Å². The number of benzene rings is 2. The maximum atomic E-state index is 11.9. The van der Waals surface area contributed by atoms with Gasteiger partial charge in [0.2, 0.25) is 0 Å². The van der Waals surface area contributed by atoms with Crippen LogP contribution in [0.2, 0.25) is 0 Å². The number of nitrogens with one attached hydrogen (secondary N) is 2. The van der Waals surface area contributed by atoms with Gasteiger partial charge in [-0.3, -0.25) is 0 Å². The lowest BCUT2D eigenvalue weighted by Gasteiger charge is -2.36. The number of anilines is 1. The van der Waals surface area contributed by atoms with Crippen molar-refractivity contribution in [2.75, 3.05) is 11.9 Å². The van der Waals surface area contributed by atoms with E-state index in [1.807, 2.05) is 54.6 Å². The molecule has 2 aromatic carbocycles. The highest BCUT2D eigenvalue weighted by molar-refractivity contribution is 5.67. The summed E-state index contributed by atoms with van der Waals surface area (Å²) in [6.07, 6.45) is 2.56. The van der Waals surface area contributed by atoms with Crippen LogP contribution < -0.4 is 15.4 Å². The third kappa shape index (κ3) is 6.20. The van der Waals surface area contributed by atoms with Crippen molar-refractivity contribution in [2.45, 2.75) is 44.4 Å². The monoisotopic (exact) mass is 379 g/mol. The van der Waals surface area contributed by atoms with E-state index in [9.17, 15) is 4.79 Å². The molecule has 0 saturated heterocycles. The van der Waals surface area contributed by atoms with Crippen LogP contribution in [0.3, 0.4) is 0 Å². The number of alkyl carbamates (subject to hydrolysis) is 1. The van der Waals surface area contributed by atoms with Gasteiger partial charge >= 0.3 is 6.09 Å². The van der Waals surface area contributed by atoms with Gasteiger partial charge in [0.05, 0.1) is 12.7 Å². The van der Waals surface area contributed by atoms with E-state index in [4.69, 9.17) is 14.7 Å². The zero-order valence-corrected chi connectivity index (χ0v) is 15.8. The predicted octanol–water partition coefficient (Wildman–Crippen LogP) is 4.24. The minimum atomic E-state index is -0.375. The van der Waals surface area contributed by atoms with E-state index >= 15 is 0 Å². The quantitative estimate of drug-likeness (QED) is 0.637. The minimum Gasteiger partial charge on any atom is -0.493 e. The van der Waals surface area contributed by atoms with Crippen LogP contribution in [0.25, 0.3) is 0 Å². The highest BCUT2D eigenvalue weighted by atomic mass is 16.5. The Labute approximate surface area is 165 Å². The van der Waals surface area contributed by atoms with Gasteiger partial charge in [0.15, 0.2) is 0 Å². The average Bonchev–Trinajstić information content (AvgIpc) is 2.69. The van der Waals surface area contributed by atoms with Crippen LogP contribution in [0.5, 0.6) is 5.75 Å². The SMILES string of the molecule is N#CCCCOc1cccc(NC2CC(NC(=O)OCc3ccccc3)C2)c1. The normalized spacial score (nSPS) is 17.7. The third-order valence-corrected chi connectivity index (χ3v) is 4.58. The Morgan fingerprint density at radius 1 is 1.11 bits per heavy atom. The van der Waals surface area contributed by atoms with Gasteiger partial charge in [0.1, 0.15) is 12.4 Å². The maximum Gasteiger partial charge on any atom is 0.407 e. The highest BCUT2D eigenvalue weighted by Crippen LogP contribution is 2.26. The lowest BCUT2D eigenvalue weighted by atomic mass is 9.86. The molecule has 0 spiro atoms. The van der Waals surface area contributed by atoms with Crippen LogP contribution in [0, 0.1) is 11.3 Å². The number of unbranched alkanes of at least 4 members (excludes halogenated alkanes) is 1. The zero-order valence-electron chi connectivity index (χ0n) is 15.8. The van der Waals surface area contributed by atoms with Gasteiger partial charge in [-0.25, -0.2) is 4.79 Å². The zero-order chi connectivity index (χ0) is 19.6. The van der Waals surface area contributed by atoms with E-state index in [2.05, 4.69) is 16.7 Å². The van der Waals surface area contributed by atoms with E-state index in [0.29, 0.717) is 19.1 Å². The number of rotatable bonds is 9. The molecule has 3 rings (SSSR count). The largest absolute Gasteiger partial charge is 0.493 e. The van der Waals surface area contributed by atoms with Gasteiger partial charge in [0, 0.05) is 30.3 Å². The van der Waals surface area contributed by atoms with Gasteiger partial charge < -0.3 is 20.1 Å². The van der Waals surface area contributed by atoms with Gasteiger partial charge in [-0.1, -0.05) is 36.4 Å². The van der Waals surface area contributed by atoms with Crippen molar-refractivity contribution < 1.29 is 14.3 Å². The first-order valence-electron chi connectivity index (χ1n) is 9.56. The van der Waals surface area contributed by atoms with Crippen molar-refractivity contribution >= 4 is 11.8 Å². The topological polar surface area (TPSA) is 83.4 Å². The smallest absolute Gasteiger partial charge is 0.407 e. The van der Waals surface area contributed by atoms with E-state index in [0.717, 1.165) is 36.3 Å². The van der Waals surface area contributed by atoms with Crippen molar-refractivity contribution in [3.8, 4) is 11.8 Å². The summed E-state index contributed by atoms with van der Waals surface area (Å²) in [4.78, 5) is 11.9. The Kier molecular flexibility index (Phi) is 7.14. The van der Waals surface area contributed by atoms with Crippen molar-refractivity contribution in [3.05, 3.63) is 60.2 Å². The number of carbonyl (C=O) groups is 1. The fraction of sp³-hybridized carbons (Fsp3) is 0.364. The fourth-order valence-corrected chi connectivity index (χ4v) is 3.04. The van der Waals surface area contributed by atoms with Crippen LogP contribution >= 0.6 is 0 Å². The lowest BCUT2D eigenvalue weighted by Crippen LogP contribution is -2.49. The van der Waals surface area contributed by atoms with E-state index in [-0.39, 0.29) is 18.7 Å². The maximum absolute atomic E-state index is 11.9. The third-order valence-electron chi connectivity index (χ3n) is 4.58. The molecule has 1 aliphatic carbocycles. The molecule has 28 heavy (non-hydrogen) atoms. The van der Waals surface area contributed by atoms with Crippen molar-refractivity contribution in [1.29, 1.82) is 5.26 Å². The van der Waals surface area contributed by atoms with Crippen LogP contribution in [0.1, 0.15) is 31.2 Å². The molecule has 1 saturated carbocycles. The number of amides is 1. The van der Waals surface area contributed by atoms with E-state index in [1.54, 1.807) is 0 Å². The summed E-state index contributed by atoms with van der Waals surface area (Å²) in [6, 6.07) is 20.0. The second-order valence-electron chi connectivity index (χ2n) is 6.85. The van der Waals surface area contributed by atoms with Crippen LogP contribution in [-0.4, -0.2) is 24.8 Å². The summed E-state index contributed by atoms with van der Waals surface area (Å²) in [6.45, 7) is 0.819. The molecule has 146 valence electrons. The summed E-state index contributed by atoms with van der Waals surface area (Å²) < 4.78 is 10.9. The van der Waals surface area contributed by atoms with Gasteiger partial charge in [0.25, 0.3) is 0 Å². The van der Waals surface area contributed by atoms with Gasteiger partial charge in [-0.05, 0) is 37.0 Å². The molecule has 0 heterocycles. The first-order valence-corrected chi connectivity index (χ1v) is 9.56. The molecule has 0 radical (unpaired) electrons. The number of nitriles is 1. The molecular weight excluding hydrogens is 354 g/mol. The molecule has 6 nitrogen and oxygen atoms in total. The Bertz CT molecular complexity index is 798. The first-order chi connectivity index (χ1) is 13.7. The Balaban J connectivity index is 1.34. The first kappa shape index (κ1) is 19.6. The minimum absolute atomic E-state index is 0.131. The average molecular weight is 379 g/mol. The van der Waals surface area contributed by atoms with Crippen molar-refractivity contribution in [1.82, 2.24) is 5.32 Å². The number of carbonyl (C=O) groups excluding carboxylic acids is 1. The Hall–Kier alpha value is -3.20. The van der Waals surface area contributed by atoms with E-state index in [1.165, 1.54) is 0 Å². The number of hydrogen-bond donors (Lipinski definition) is 2. The summed E-state index contributed by atoms with van der Waals surface area (Å²) >= 11 is 0. The highest BCUT2D eigenvalue weighted by Gasteiger charge is 2.30. The standard InChI is InChI=1S/C22H25N3O3/c23-11-4-5-12-27-21-10-6-9-18(15-21)24-19-13-20(14-19)25-22(26)28-16-17-7-2-1-3-8-17/h1-3,6-10,15,19-20,24H,4-5,12-14,16H2,(H,25,26). The molecule has 2 N–H and O–H groups in total. The molecule has 0 bridgehead atoms. The van der Waals surface area contributed by atoms with Crippen molar-refractivity contribution in [3.63, 3.8) is 0 Å².